The lowest BCUT2D eigenvalue weighted by Crippen LogP contribution is -2.44. The molecule has 0 saturated heterocycles. The smallest absolute Gasteiger partial charge is 0.250 e. The Bertz CT molecular complexity index is 639. The van der Waals surface area contributed by atoms with E-state index in [-0.39, 0.29) is 30.0 Å². The minimum atomic E-state index is -0.226. The van der Waals surface area contributed by atoms with Crippen molar-refractivity contribution in [2.75, 3.05) is 20.3 Å². The molecule has 23 heavy (non-hydrogen) atoms. The SMILES string of the molecule is COCCn1c2c(ccc1=O)C[C@@H](NC(=O)CNC(C)=O)CC2. The topological polar surface area (TPSA) is 89.4 Å². The number of hydrogen-bond acceptors (Lipinski definition) is 4. The van der Waals surface area contributed by atoms with Gasteiger partial charge in [-0.1, -0.05) is 6.07 Å². The summed E-state index contributed by atoms with van der Waals surface area (Å²) in [5.74, 6) is -0.419. The molecule has 1 aliphatic carbocycles. The highest BCUT2D eigenvalue weighted by Crippen LogP contribution is 2.20. The number of rotatable bonds is 6. The van der Waals surface area contributed by atoms with Crippen molar-refractivity contribution >= 4 is 11.8 Å². The van der Waals surface area contributed by atoms with Crippen LogP contribution in [-0.2, 0) is 33.7 Å². The van der Waals surface area contributed by atoms with Gasteiger partial charge in [-0.3, -0.25) is 14.4 Å². The predicted molar refractivity (Wildman–Crippen MR) is 85.2 cm³/mol. The summed E-state index contributed by atoms with van der Waals surface area (Å²) in [5, 5.41) is 5.41. The molecular formula is C16H23N3O4. The quantitative estimate of drug-likeness (QED) is 0.746. The number of ether oxygens (including phenoxy) is 1. The standard InChI is InChI=1S/C16H23N3O4/c1-11(20)17-10-15(21)18-13-4-5-14-12(9-13)3-6-16(22)19(14)7-8-23-2/h3,6,13H,4-5,7-10H2,1-2H3,(H,17,20)(H,18,21)/t13-/m0/s1. The van der Waals surface area contributed by atoms with Crippen LogP contribution in [0.3, 0.4) is 0 Å². The van der Waals surface area contributed by atoms with Gasteiger partial charge < -0.3 is 19.9 Å². The fraction of sp³-hybridized carbons (Fsp3) is 0.562. The molecule has 7 nitrogen and oxygen atoms in total. The summed E-state index contributed by atoms with van der Waals surface area (Å²) in [7, 11) is 1.61. The maximum Gasteiger partial charge on any atom is 0.250 e. The summed E-state index contributed by atoms with van der Waals surface area (Å²) in [6.45, 7) is 2.40. The van der Waals surface area contributed by atoms with Crippen LogP contribution in [0, 0.1) is 0 Å². The Balaban J connectivity index is 2.02. The summed E-state index contributed by atoms with van der Waals surface area (Å²) in [5.41, 5.74) is 2.09. The van der Waals surface area contributed by atoms with Crippen molar-refractivity contribution in [3.63, 3.8) is 0 Å². The molecule has 1 aliphatic rings. The van der Waals surface area contributed by atoms with E-state index in [0.717, 1.165) is 24.1 Å². The van der Waals surface area contributed by atoms with Gasteiger partial charge in [0.25, 0.3) is 5.56 Å². The minimum Gasteiger partial charge on any atom is -0.383 e. The molecule has 2 amide bonds. The van der Waals surface area contributed by atoms with Crippen LogP contribution < -0.4 is 16.2 Å². The number of aromatic nitrogens is 1. The van der Waals surface area contributed by atoms with E-state index in [1.807, 2.05) is 6.07 Å². The molecule has 1 aromatic heterocycles. The van der Waals surface area contributed by atoms with E-state index < -0.39 is 0 Å². The minimum absolute atomic E-state index is 0.00791. The molecule has 7 heteroatoms. The van der Waals surface area contributed by atoms with Gasteiger partial charge in [-0.2, -0.15) is 0 Å². The Hall–Kier alpha value is -2.15. The fourth-order valence-electron chi connectivity index (χ4n) is 2.86. The molecule has 0 unspecified atom stereocenters. The summed E-state index contributed by atoms with van der Waals surface area (Å²) >= 11 is 0. The van der Waals surface area contributed by atoms with Gasteiger partial charge in [0.15, 0.2) is 0 Å². The normalized spacial score (nSPS) is 16.5. The number of amides is 2. The molecule has 0 saturated carbocycles. The number of carbonyl (C=O) groups is 2. The first-order valence-corrected chi connectivity index (χ1v) is 7.75. The molecule has 0 spiro atoms. The van der Waals surface area contributed by atoms with Crippen molar-refractivity contribution < 1.29 is 14.3 Å². The van der Waals surface area contributed by atoms with Crippen molar-refractivity contribution in [2.45, 2.75) is 38.8 Å². The highest BCUT2D eigenvalue weighted by molar-refractivity contribution is 5.83. The van der Waals surface area contributed by atoms with Gasteiger partial charge in [-0.05, 0) is 24.8 Å². The third-order valence-corrected chi connectivity index (χ3v) is 3.97. The average molecular weight is 321 g/mol. The van der Waals surface area contributed by atoms with E-state index >= 15 is 0 Å². The molecule has 0 fully saturated rings. The van der Waals surface area contributed by atoms with Gasteiger partial charge in [-0.25, -0.2) is 0 Å². The fourth-order valence-corrected chi connectivity index (χ4v) is 2.86. The molecule has 2 N–H and O–H groups in total. The Labute approximate surface area is 135 Å². The third-order valence-electron chi connectivity index (χ3n) is 3.97. The van der Waals surface area contributed by atoms with E-state index in [9.17, 15) is 14.4 Å². The van der Waals surface area contributed by atoms with Gasteiger partial charge in [0, 0.05) is 38.4 Å². The lowest BCUT2D eigenvalue weighted by Gasteiger charge is -2.27. The summed E-state index contributed by atoms with van der Waals surface area (Å²) in [6, 6.07) is 3.43. The molecule has 0 aromatic carbocycles. The number of carbonyl (C=O) groups excluding carboxylic acids is 2. The maximum absolute atomic E-state index is 12.0. The van der Waals surface area contributed by atoms with Gasteiger partial charge in [0.05, 0.1) is 13.2 Å². The zero-order chi connectivity index (χ0) is 16.8. The second-order valence-electron chi connectivity index (χ2n) is 5.70. The molecule has 1 aromatic rings. The molecule has 0 bridgehead atoms. The summed E-state index contributed by atoms with van der Waals surface area (Å²) in [6.07, 6.45) is 2.20. The number of nitrogens with one attached hydrogen (secondary N) is 2. The molecule has 1 heterocycles. The third kappa shape index (κ3) is 4.66. The van der Waals surface area contributed by atoms with Crippen LogP contribution >= 0.6 is 0 Å². The van der Waals surface area contributed by atoms with Crippen LogP contribution in [0.4, 0.5) is 0 Å². The van der Waals surface area contributed by atoms with Crippen molar-refractivity contribution in [3.8, 4) is 0 Å². The predicted octanol–water partition coefficient (Wildman–Crippen LogP) is -0.396. The molecule has 0 aliphatic heterocycles. The highest BCUT2D eigenvalue weighted by atomic mass is 16.5. The highest BCUT2D eigenvalue weighted by Gasteiger charge is 2.22. The second kappa shape index (κ2) is 7.92. The number of hydrogen-bond donors (Lipinski definition) is 2. The molecule has 126 valence electrons. The lowest BCUT2D eigenvalue weighted by molar-refractivity contribution is -0.125. The first kappa shape index (κ1) is 17.2. The zero-order valence-corrected chi connectivity index (χ0v) is 13.6. The van der Waals surface area contributed by atoms with Crippen LogP contribution in [0.25, 0.3) is 0 Å². The van der Waals surface area contributed by atoms with E-state index in [4.69, 9.17) is 4.74 Å². The molecule has 0 radical (unpaired) electrons. The van der Waals surface area contributed by atoms with Crippen molar-refractivity contribution in [2.24, 2.45) is 0 Å². The average Bonchev–Trinajstić information content (AvgIpc) is 2.52. The second-order valence-corrected chi connectivity index (χ2v) is 5.70. The Morgan fingerprint density at radius 1 is 1.39 bits per heavy atom. The number of methoxy groups -OCH3 is 1. The van der Waals surface area contributed by atoms with E-state index in [1.54, 1.807) is 17.7 Å². The number of pyridine rings is 1. The molecule has 1 atom stereocenters. The summed E-state index contributed by atoms with van der Waals surface area (Å²) in [4.78, 5) is 34.6. The zero-order valence-electron chi connectivity index (χ0n) is 13.6. The number of fused-ring (bicyclic) bond motifs is 1. The Morgan fingerprint density at radius 2 is 2.17 bits per heavy atom. The van der Waals surface area contributed by atoms with Gasteiger partial charge in [0.2, 0.25) is 11.8 Å². The molecule has 2 rings (SSSR count). The van der Waals surface area contributed by atoms with E-state index in [0.29, 0.717) is 19.6 Å². The molecular weight excluding hydrogens is 298 g/mol. The Kier molecular flexibility index (Phi) is 5.92. The summed E-state index contributed by atoms with van der Waals surface area (Å²) < 4.78 is 6.82. The van der Waals surface area contributed by atoms with Crippen molar-refractivity contribution in [3.05, 3.63) is 33.7 Å². The van der Waals surface area contributed by atoms with Crippen LogP contribution in [-0.4, -0.2) is 42.7 Å². The van der Waals surface area contributed by atoms with Crippen LogP contribution in [0.1, 0.15) is 24.6 Å². The lowest BCUT2D eigenvalue weighted by atomic mass is 9.91. The van der Waals surface area contributed by atoms with Crippen molar-refractivity contribution in [1.82, 2.24) is 15.2 Å². The monoisotopic (exact) mass is 321 g/mol. The van der Waals surface area contributed by atoms with Crippen molar-refractivity contribution in [1.29, 1.82) is 0 Å². The van der Waals surface area contributed by atoms with Crippen LogP contribution in [0.15, 0.2) is 16.9 Å². The van der Waals surface area contributed by atoms with E-state index in [1.165, 1.54) is 6.92 Å². The number of nitrogens with zero attached hydrogens (tertiary/aromatic N) is 1. The van der Waals surface area contributed by atoms with E-state index in [2.05, 4.69) is 10.6 Å². The van der Waals surface area contributed by atoms with Gasteiger partial charge in [0.1, 0.15) is 0 Å². The van der Waals surface area contributed by atoms with Crippen LogP contribution in [0.2, 0.25) is 0 Å². The maximum atomic E-state index is 12.0. The van der Waals surface area contributed by atoms with Gasteiger partial charge >= 0.3 is 0 Å². The van der Waals surface area contributed by atoms with Crippen LogP contribution in [0.5, 0.6) is 0 Å². The van der Waals surface area contributed by atoms with Gasteiger partial charge in [-0.15, -0.1) is 0 Å². The Morgan fingerprint density at radius 3 is 2.87 bits per heavy atom. The largest absolute Gasteiger partial charge is 0.383 e. The first-order chi connectivity index (χ1) is 11.0. The first-order valence-electron chi connectivity index (χ1n) is 7.75.